The van der Waals surface area contributed by atoms with Gasteiger partial charge in [0.05, 0.1) is 30.2 Å². The van der Waals surface area contributed by atoms with Gasteiger partial charge in [0.2, 0.25) is 0 Å². The molecule has 0 atom stereocenters. The number of aromatic nitrogens is 2. The zero-order valence-corrected chi connectivity index (χ0v) is 20.5. The topological polar surface area (TPSA) is 112 Å². The van der Waals surface area contributed by atoms with Gasteiger partial charge in [-0.3, -0.25) is 14.2 Å². The molecule has 1 fully saturated rings. The number of morpholine rings is 1. The summed E-state index contributed by atoms with van der Waals surface area (Å²) in [6, 6.07) is 13.0. The number of rotatable bonds is 7. The molecule has 1 aliphatic rings. The minimum Gasteiger partial charge on any atom is -0.482 e. The number of ether oxygens (including phenoxy) is 2. The van der Waals surface area contributed by atoms with Crippen molar-refractivity contribution in [2.45, 2.75) is 13.1 Å². The van der Waals surface area contributed by atoms with Crippen molar-refractivity contribution in [3.63, 3.8) is 0 Å². The van der Waals surface area contributed by atoms with Crippen molar-refractivity contribution in [3.05, 3.63) is 82.7 Å². The van der Waals surface area contributed by atoms with E-state index >= 15 is 0 Å². The molecule has 0 spiro atoms. The second-order valence-corrected chi connectivity index (χ2v) is 8.46. The molecule has 0 unspecified atom stereocenters. The SMILES string of the molecule is Cc1cn(-c2ccccc2OCC(F)(F)F)c(=O)c(C(=CN)C(=O)Nc2ccc(N3CCOCC3)cc2)n1. The fraction of sp³-hybridized carbons (Fsp3) is 0.269. The zero-order chi connectivity index (χ0) is 27.3. The van der Waals surface area contributed by atoms with Crippen LogP contribution in [0.15, 0.2) is 65.7 Å². The summed E-state index contributed by atoms with van der Waals surface area (Å²) >= 11 is 0. The fourth-order valence-electron chi connectivity index (χ4n) is 3.94. The van der Waals surface area contributed by atoms with Crippen molar-refractivity contribution in [3.8, 4) is 11.4 Å². The predicted molar refractivity (Wildman–Crippen MR) is 136 cm³/mol. The molecule has 2 aromatic carbocycles. The van der Waals surface area contributed by atoms with Gasteiger partial charge in [-0.1, -0.05) is 12.1 Å². The van der Waals surface area contributed by atoms with Gasteiger partial charge in [0, 0.05) is 36.9 Å². The van der Waals surface area contributed by atoms with Gasteiger partial charge in [-0.15, -0.1) is 0 Å². The Morgan fingerprint density at radius 2 is 1.84 bits per heavy atom. The maximum atomic E-state index is 13.4. The van der Waals surface area contributed by atoms with E-state index < -0.39 is 24.2 Å². The Bertz CT molecular complexity index is 1380. The van der Waals surface area contributed by atoms with Crippen LogP contribution in [0, 0.1) is 6.92 Å². The minimum absolute atomic E-state index is 0.0592. The number of halogens is 3. The van der Waals surface area contributed by atoms with Crippen molar-refractivity contribution in [2.24, 2.45) is 5.73 Å². The van der Waals surface area contributed by atoms with Gasteiger partial charge in [-0.05, 0) is 43.3 Å². The summed E-state index contributed by atoms with van der Waals surface area (Å²) in [6.07, 6.45) is -2.25. The molecular formula is C26H26F3N5O4. The summed E-state index contributed by atoms with van der Waals surface area (Å²) in [7, 11) is 0. The Morgan fingerprint density at radius 3 is 2.50 bits per heavy atom. The van der Waals surface area contributed by atoms with Crippen LogP contribution < -0.4 is 26.2 Å². The highest BCUT2D eigenvalue weighted by Gasteiger charge is 2.29. The lowest BCUT2D eigenvalue weighted by atomic mass is 10.1. The van der Waals surface area contributed by atoms with Crippen LogP contribution >= 0.6 is 0 Å². The van der Waals surface area contributed by atoms with E-state index in [4.69, 9.17) is 15.2 Å². The lowest BCUT2D eigenvalue weighted by Gasteiger charge is -2.28. The molecule has 1 aliphatic heterocycles. The first-order valence-corrected chi connectivity index (χ1v) is 11.7. The Hall–Kier alpha value is -4.32. The number of nitrogens with zero attached hydrogens (tertiary/aromatic N) is 3. The Morgan fingerprint density at radius 1 is 1.16 bits per heavy atom. The Kier molecular flexibility index (Phi) is 8.01. The van der Waals surface area contributed by atoms with E-state index in [1.165, 1.54) is 24.4 Å². The van der Waals surface area contributed by atoms with Crippen LogP contribution in [0.2, 0.25) is 0 Å². The van der Waals surface area contributed by atoms with E-state index in [0.29, 0.717) is 24.6 Å². The third-order valence-electron chi connectivity index (χ3n) is 5.71. The highest BCUT2D eigenvalue weighted by molar-refractivity contribution is 6.24. The van der Waals surface area contributed by atoms with Crippen LogP contribution in [-0.2, 0) is 9.53 Å². The summed E-state index contributed by atoms with van der Waals surface area (Å²) in [4.78, 5) is 32.8. The molecule has 200 valence electrons. The number of alkyl halides is 3. The zero-order valence-electron chi connectivity index (χ0n) is 20.5. The van der Waals surface area contributed by atoms with Crippen LogP contribution in [0.5, 0.6) is 5.75 Å². The molecule has 4 rings (SSSR count). The maximum absolute atomic E-state index is 13.4. The van der Waals surface area contributed by atoms with E-state index in [2.05, 4.69) is 15.2 Å². The lowest BCUT2D eigenvalue weighted by Crippen LogP contribution is -2.36. The highest BCUT2D eigenvalue weighted by atomic mass is 19.4. The van der Waals surface area contributed by atoms with Crippen LogP contribution in [0.1, 0.15) is 11.4 Å². The number of hydrogen-bond acceptors (Lipinski definition) is 7. The van der Waals surface area contributed by atoms with Gasteiger partial charge in [-0.25, -0.2) is 4.98 Å². The van der Waals surface area contributed by atoms with Crippen molar-refractivity contribution in [1.29, 1.82) is 0 Å². The number of anilines is 2. The standard InChI is InChI=1S/C26H26F3N5O4/c1-17-15-34(21-4-2-3-5-22(21)38-16-26(27,28)29)25(36)23(31-17)20(14-30)24(35)32-18-6-8-19(9-7-18)33-10-12-37-13-11-33/h2-9,14-15H,10-13,16,30H2,1H3,(H,32,35). The van der Waals surface area contributed by atoms with Crippen LogP contribution in [0.25, 0.3) is 11.3 Å². The number of carbonyl (C=O) groups is 1. The molecule has 9 nitrogen and oxygen atoms in total. The first kappa shape index (κ1) is 26.7. The summed E-state index contributed by atoms with van der Waals surface area (Å²) in [5.74, 6) is -0.832. The normalized spacial score (nSPS) is 14.3. The number of nitrogens with two attached hydrogens (primary N) is 1. The minimum atomic E-state index is -4.56. The van der Waals surface area contributed by atoms with Gasteiger partial charge in [0.15, 0.2) is 6.61 Å². The molecule has 2 heterocycles. The van der Waals surface area contributed by atoms with Gasteiger partial charge in [-0.2, -0.15) is 13.2 Å². The number of carbonyl (C=O) groups excluding carboxylic acids is 1. The van der Waals surface area contributed by atoms with Gasteiger partial charge < -0.3 is 25.4 Å². The number of para-hydroxylation sites is 2. The van der Waals surface area contributed by atoms with E-state index in [9.17, 15) is 22.8 Å². The van der Waals surface area contributed by atoms with Gasteiger partial charge >= 0.3 is 6.18 Å². The van der Waals surface area contributed by atoms with Crippen LogP contribution in [-0.4, -0.2) is 54.5 Å². The van der Waals surface area contributed by atoms with Gasteiger partial charge in [0.1, 0.15) is 11.4 Å². The van der Waals surface area contributed by atoms with Crippen molar-refractivity contribution in [1.82, 2.24) is 9.55 Å². The quantitative estimate of drug-likeness (QED) is 0.452. The molecule has 1 saturated heterocycles. The largest absolute Gasteiger partial charge is 0.482 e. The highest BCUT2D eigenvalue weighted by Crippen LogP contribution is 2.25. The molecule has 3 N–H and O–H groups in total. The molecule has 0 bridgehead atoms. The average molecular weight is 530 g/mol. The maximum Gasteiger partial charge on any atom is 0.422 e. The number of amides is 1. The van der Waals surface area contributed by atoms with E-state index in [1.807, 2.05) is 12.1 Å². The summed E-state index contributed by atoms with van der Waals surface area (Å²) in [5, 5.41) is 2.71. The first-order valence-electron chi connectivity index (χ1n) is 11.7. The summed E-state index contributed by atoms with van der Waals surface area (Å²) < 4.78 is 49.6. The van der Waals surface area contributed by atoms with E-state index in [1.54, 1.807) is 25.1 Å². The second kappa shape index (κ2) is 11.4. The van der Waals surface area contributed by atoms with Gasteiger partial charge in [0.25, 0.3) is 11.5 Å². The Balaban J connectivity index is 1.60. The van der Waals surface area contributed by atoms with Crippen molar-refractivity contribution in [2.75, 3.05) is 43.1 Å². The van der Waals surface area contributed by atoms with E-state index in [0.717, 1.165) is 29.5 Å². The monoisotopic (exact) mass is 529 g/mol. The number of aryl methyl sites for hydroxylation is 1. The second-order valence-electron chi connectivity index (χ2n) is 8.46. The lowest BCUT2D eigenvalue weighted by molar-refractivity contribution is -0.153. The predicted octanol–water partition coefficient (Wildman–Crippen LogP) is 3.26. The number of benzene rings is 2. The summed E-state index contributed by atoms with van der Waals surface area (Å²) in [6.45, 7) is 2.86. The third-order valence-corrected chi connectivity index (χ3v) is 5.71. The molecule has 0 saturated carbocycles. The fourth-order valence-corrected chi connectivity index (χ4v) is 3.94. The van der Waals surface area contributed by atoms with Crippen molar-refractivity contribution < 1.29 is 27.4 Å². The molecule has 3 aromatic rings. The average Bonchev–Trinajstić information content (AvgIpc) is 2.90. The smallest absolute Gasteiger partial charge is 0.422 e. The summed E-state index contributed by atoms with van der Waals surface area (Å²) in [5.41, 5.74) is 6.36. The molecule has 38 heavy (non-hydrogen) atoms. The number of hydrogen-bond donors (Lipinski definition) is 2. The molecule has 0 radical (unpaired) electrons. The first-order chi connectivity index (χ1) is 18.2. The molecule has 1 amide bonds. The molecule has 12 heteroatoms. The van der Waals surface area contributed by atoms with Crippen LogP contribution in [0.3, 0.4) is 0 Å². The molecule has 0 aliphatic carbocycles. The van der Waals surface area contributed by atoms with E-state index in [-0.39, 0.29) is 22.7 Å². The molecular weight excluding hydrogens is 503 g/mol. The number of nitrogens with one attached hydrogen (secondary N) is 1. The van der Waals surface area contributed by atoms with Crippen LogP contribution in [0.4, 0.5) is 24.5 Å². The Labute approximate surface area is 216 Å². The molecule has 1 aromatic heterocycles. The third kappa shape index (κ3) is 6.32. The van der Waals surface area contributed by atoms with Crippen molar-refractivity contribution >= 4 is 22.9 Å².